The Bertz CT molecular complexity index is 1140. The van der Waals surface area contributed by atoms with E-state index in [9.17, 15) is 22.8 Å². The van der Waals surface area contributed by atoms with Crippen molar-refractivity contribution >= 4 is 5.91 Å². The lowest BCUT2D eigenvalue weighted by Crippen LogP contribution is -2.30. The van der Waals surface area contributed by atoms with Crippen LogP contribution < -0.4 is 10.9 Å². The third-order valence-corrected chi connectivity index (χ3v) is 4.58. The van der Waals surface area contributed by atoms with Crippen molar-refractivity contribution in [2.75, 3.05) is 6.61 Å². The maximum absolute atomic E-state index is 14.6. The van der Waals surface area contributed by atoms with Gasteiger partial charge in [-0.1, -0.05) is 12.1 Å². The Balaban J connectivity index is 1.87. The number of halogens is 3. The molecule has 0 aliphatic rings. The van der Waals surface area contributed by atoms with Gasteiger partial charge in [0.25, 0.3) is 17.4 Å². The topological polar surface area (TPSA) is 89.2 Å². The summed E-state index contributed by atoms with van der Waals surface area (Å²) in [6, 6.07) is 4.94. The first-order valence-corrected chi connectivity index (χ1v) is 8.94. The van der Waals surface area contributed by atoms with Crippen LogP contribution in [0.5, 0.6) is 0 Å². The molecule has 2 heterocycles. The van der Waals surface area contributed by atoms with Crippen molar-refractivity contribution in [3.63, 3.8) is 0 Å². The van der Waals surface area contributed by atoms with Crippen LogP contribution in [0.4, 0.5) is 13.2 Å². The van der Waals surface area contributed by atoms with Gasteiger partial charge in [0.1, 0.15) is 12.4 Å². The standard InChI is InChI=1S/C20H19F3N4O3/c1-12(15-4-3-5-16(18(15)21)20(22,23)11-28)25-19(30)13-6-7-17(29)27(9-13)14-8-24-26(2)10-14/h3-10,12,28H,11H2,1-2H3,(H,25,30)/t12-/m1/s1. The number of aliphatic hydroxyl groups is 1. The van der Waals surface area contributed by atoms with E-state index in [1.807, 2.05) is 0 Å². The zero-order valence-corrected chi connectivity index (χ0v) is 16.1. The molecule has 0 saturated heterocycles. The van der Waals surface area contributed by atoms with Crippen LogP contribution in [0.25, 0.3) is 5.69 Å². The van der Waals surface area contributed by atoms with Gasteiger partial charge in [-0.15, -0.1) is 0 Å². The maximum atomic E-state index is 14.6. The van der Waals surface area contributed by atoms with Gasteiger partial charge in [0, 0.05) is 31.1 Å². The number of benzene rings is 1. The first kappa shape index (κ1) is 21.3. The Morgan fingerprint density at radius 2 is 2.00 bits per heavy atom. The zero-order valence-electron chi connectivity index (χ0n) is 16.1. The number of carbonyl (C=O) groups excluding carboxylic acids is 1. The number of rotatable bonds is 6. The minimum Gasteiger partial charge on any atom is -0.390 e. The SMILES string of the molecule is C[C@@H](NC(=O)c1ccc(=O)n(-c2cnn(C)c2)c1)c1cccc(C(F)(F)CO)c1F. The molecule has 2 N–H and O–H groups in total. The van der Waals surface area contributed by atoms with Crippen LogP contribution in [-0.4, -0.2) is 32.0 Å². The van der Waals surface area contributed by atoms with Gasteiger partial charge in [0.05, 0.1) is 29.1 Å². The van der Waals surface area contributed by atoms with E-state index in [0.29, 0.717) is 5.69 Å². The summed E-state index contributed by atoms with van der Waals surface area (Å²) in [4.78, 5) is 24.7. The highest BCUT2D eigenvalue weighted by molar-refractivity contribution is 5.94. The molecule has 1 aromatic carbocycles. The number of hydrogen-bond donors (Lipinski definition) is 2. The van der Waals surface area contributed by atoms with Gasteiger partial charge in [-0.2, -0.15) is 13.9 Å². The van der Waals surface area contributed by atoms with E-state index >= 15 is 0 Å². The second-order valence-corrected chi connectivity index (χ2v) is 6.76. The molecule has 0 fully saturated rings. The van der Waals surface area contributed by atoms with Crippen LogP contribution in [0.1, 0.15) is 34.5 Å². The highest BCUT2D eigenvalue weighted by atomic mass is 19.3. The van der Waals surface area contributed by atoms with Gasteiger partial charge in [0.2, 0.25) is 0 Å². The van der Waals surface area contributed by atoms with Gasteiger partial charge in [0.15, 0.2) is 0 Å². The molecule has 0 aliphatic carbocycles. The molecule has 158 valence electrons. The molecule has 7 nitrogen and oxygen atoms in total. The second kappa shape index (κ2) is 8.15. The molecule has 30 heavy (non-hydrogen) atoms. The van der Waals surface area contributed by atoms with Crippen LogP contribution in [0, 0.1) is 5.82 Å². The number of pyridine rings is 1. The Morgan fingerprint density at radius 3 is 2.63 bits per heavy atom. The second-order valence-electron chi connectivity index (χ2n) is 6.76. The quantitative estimate of drug-likeness (QED) is 0.641. The fourth-order valence-corrected chi connectivity index (χ4v) is 2.97. The molecular formula is C20H19F3N4O3. The number of nitrogens with one attached hydrogen (secondary N) is 1. The van der Waals surface area contributed by atoms with E-state index in [-0.39, 0.29) is 16.7 Å². The first-order valence-electron chi connectivity index (χ1n) is 8.94. The molecule has 3 aromatic rings. The number of aliphatic hydroxyl groups excluding tert-OH is 1. The molecule has 0 saturated carbocycles. The van der Waals surface area contributed by atoms with Crippen LogP contribution in [0.3, 0.4) is 0 Å². The van der Waals surface area contributed by atoms with Crippen molar-refractivity contribution in [3.8, 4) is 5.69 Å². The van der Waals surface area contributed by atoms with Crippen molar-refractivity contribution in [1.82, 2.24) is 19.7 Å². The number of amides is 1. The molecule has 1 atom stereocenters. The van der Waals surface area contributed by atoms with Gasteiger partial charge in [-0.3, -0.25) is 18.8 Å². The van der Waals surface area contributed by atoms with Gasteiger partial charge in [-0.05, 0) is 19.1 Å². The monoisotopic (exact) mass is 420 g/mol. The van der Waals surface area contributed by atoms with E-state index in [4.69, 9.17) is 5.11 Å². The number of aromatic nitrogens is 3. The Kier molecular flexibility index (Phi) is 5.79. The summed E-state index contributed by atoms with van der Waals surface area (Å²) in [5, 5.41) is 15.3. The lowest BCUT2D eigenvalue weighted by Gasteiger charge is -2.20. The average molecular weight is 420 g/mol. The van der Waals surface area contributed by atoms with E-state index < -0.39 is 35.9 Å². The minimum absolute atomic E-state index is 0.113. The van der Waals surface area contributed by atoms with Crippen molar-refractivity contribution < 1.29 is 23.1 Å². The molecule has 0 aliphatic heterocycles. The van der Waals surface area contributed by atoms with Crippen LogP contribution in [0.15, 0.2) is 53.7 Å². The predicted molar refractivity (Wildman–Crippen MR) is 102 cm³/mol. The number of aryl methyl sites for hydroxylation is 1. The summed E-state index contributed by atoms with van der Waals surface area (Å²) in [7, 11) is 1.68. The third kappa shape index (κ3) is 4.13. The van der Waals surface area contributed by atoms with Crippen LogP contribution in [-0.2, 0) is 13.0 Å². The molecule has 10 heteroatoms. The highest BCUT2D eigenvalue weighted by Crippen LogP contribution is 2.32. The molecule has 1 amide bonds. The summed E-state index contributed by atoms with van der Waals surface area (Å²) in [5.41, 5.74) is -0.918. The first-order chi connectivity index (χ1) is 14.1. The fraction of sp³-hybridized carbons (Fsp3) is 0.250. The smallest absolute Gasteiger partial charge is 0.298 e. The van der Waals surface area contributed by atoms with Gasteiger partial charge >= 0.3 is 0 Å². The number of nitrogens with zero attached hydrogens (tertiary/aromatic N) is 3. The molecule has 0 unspecified atom stereocenters. The third-order valence-electron chi connectivity index (χ3n) is 4.58. The molecular weight excluding hydrogens is 401 g/mol. The molecule has 0 radical (unpaired) electrons. The lowest BCUT2D eigenvalue weighted by atomic mass is 10.00. The Labute approximate surface area is 169 Å². The molecule has 2 aromatic heterocycles. The molecule has 3 rings (SSSR count). The van der Waals surface area contributed by atoms with E-state index in [2.05, 4.69) is 10.4 Å². The number of hydrogen-bond acceptors (Lipinski definition) is 4. The van der Waals surface area contributed by atoms with E-state index in [0.717, 1.165) is 6.07 Å². The zero-order chi connectivity index (χ0) is 22.1. The largest absolute Gasteiger partial charge is 0.390 e. The summed E-state index contributed by atoms with van der Waals surface area (Å²) < 4.78 is 44.8. The highest BCUT2D eigenvalue weighted by Gasteiger charge is 2.35. The summed E-state index contributed by atoms with van der Waals surface area (Å²) in [6.45, 7) is -0.0989. The van der Waals surface area contributed by atoms with Crippen molar-refractivity contribution in [3.05, 3.63) is 81.8 Å². The fourth-order valence-electron chi connectivity index (χ4n) is 2.97. The lowest BCUT2D eigenvalue weighted by molar-refractivity contribution is -0.0584. The normalized spacial score (nSPS) is 12.6. The van der Waals surface area contributed by atoms with E-state index in [1.54, 1.807) is 13.2 Å². The number of alkyl halides is 2. The van der Waals surface area contributed by atoms with E-state index in [1.165, 1.54) is 52.8 Å². The van der Waals surface area contributed by atoms with Crippen molar-refractivity contribution in [2.45, 2.75) is 18.9 Å². The average Bonchev–Trinajstić information content (AvgIpc) is 3.14. The molecule has 0 bridgehead atoms. The summed E-state index contributed by atoms with van der Waals surface area (Å²) >= 11 is 0. The summed E-state index contributed by atoms with van der Waals surface area (Å²) in [6.07, 6.45) is 4.36. The number of carbonyl (C=O) groups is 1. The van der Waals surface area contributed by atoms with Crippen LogP contribution in [0.2, 0.25) is 0 Å². The maximum Gasteiger partial charge on any atom is 0.298 e. The summed E-state index contributed by atoms with van der Waals surface area (Å²) in [5.74, 6) is -5.58. The Hall–Kier alpha value is -3.40. The molecule has 0 spiro atoms. The van der Waals surface area contributed by atoms with Crippen molar-refractivity contribution in [2.24, 2.45) is 7.05 Å². The predicted octanol–water partition coefficient (Wildman–Crippen LogP) is 2.29. The van der Waals surface area contributed by atoms with Crippen molar-refractivity contribution in [1.29, 1.82) is 0 Å². The minimum atomic E-state index is -3.75. The Morgan fingerprint density at radius 1 is 1.27 bits per heavy atom. The van der Waals surface area contributed by atoms with Gasteiger partial charge < -0.3 is 10.4 Å². The van der Waals surface area contributed by atoms with Crippen LogP contribution >= 0.6 is 0 Å². The van der Waals surface area contributed by atoms with Gasteiger partial charge in [-0.25, -0.2) is 4.39 Å².